The predicted octanol–water partition coefficient (Wildman–Crippen LogP) is 3.66. The molecule has 6 rings (SSSR count). The van der Waals surface area contributed by atoms with Crippen LogP contribution in [0.2, 0.25) is 0 Å². The van der Waals surface area contributed by atoms with E-state index in [1.165, 1.54) is 17.7 Å². The minimum atomic E-state index is -0.101. The number of aromatic amines is 1. The maximum atomic E-state index is 13.0. The Balaban J connectivity index is 1.31. The molecule has 0 atom stereocenters. The summed E-state index contributed by atoms with van der Waals surface area (Å²) in [6.07, 6.45) is 4.66. The van der Waals surface area contributed by atoms with E-state index in [0.717, 1.165) is 29.6 Å². The van der Waals surface area contributed by atoms with E-state index in [1.807, 2.05) is 22.9 Å². The first-order chi connectivity index (χ1) is 16.7. The first-order valence-electron chi connectivity index (χ1n) is 11.7. The van der Waals surface area contributed by atoms with Gasteiger partial charge in [0, 0.05) is 35.0 Å². The Morgan fingerprint density at radius 2 is 1.91 bits per heavy atom. The monoisotopic (exact) mass is 478 g/mol. The molecule has 9 nitrogen and oxygen atoms in total. The number of thiophene rings is 1. The number of fused-ring (bicyclic) bond motifs is 2. The smallest absolute Gasteiger partial charge is 0.252 e. The highest BCUT2D eigenvalue weighted by atomic mass is 32.1. The fraction of sp³-hybridized carbons (Fsp3) is 0.417. The van der Waals surface area contributed by atoms with Crippen LogP contribution in [-0.4, -0.2) is 43.3 Å². The van der Waals surface area contributed by atoms with Gasteiger partial charge in [-0.05, 0) is 46.8 Å². The Hall–Kier alpha value is -3.24. The van der Waals surface area contributed by atoms with E-state index in [9.17, 15) is 4.79 Å². The molecule has 1 aliphatic carbocycles. The summed E-state index contributed by atoms with van der Waals surface area (Å²) in [5, 5.41) is 15.6. The molecule has 0 bridgehead atoms. The minimum absolute atomic E-state index is 0.101. The third-order valence-electron chi connectivity index (χ3n) is 6.53. The second-order valence-electron chi connectivity index (χ2n) is 8.91. The van der Waals surface area contributed by atoms with Crippen LogP contribution < -0.4 is 15.0 Å². The molecule has 34 heavy (non-hydrogen) atoms. The molecular formula is C24H26N6O3S. The maximum absolute atomic E-state index is 13.0. The highest BCUT2D eigenvalue weighted by molar-refractivity contribution is 7.09. The summed E-state index contributed by atoms with van der Waals surface area (Å²) in [7, 11) is 0. The number of tetrazole rings is 1. The fourth-order valence-electron chi connectivity index (χ4n) is 4.89. The summed E-state index contributed by atoms with van der Waals surface area (Å²) in [5.41, 5.74) is 1.34. The predicted molar refractivity (Wildman–Crippen MR) is 128 cm³/mol. The lowest BCUT2D eigenvalue weighted by atomic mass is 10.1. The molecule has 1 aliphatic heterocycles. The highest BCUT2D eigenvalue weighted by Gasteiger charge is 2.23. The molecule has 4 aromatic rings. The van der Waals surface area contributed by atoms with Crippen LogP contribution in [0.1, 0.15) is 48.0 Å². The molecular weight excluding hydrogens is 452 g/mol. The van der Waals surface area contributed by atoms with Crippen molar-refractivity contribution < 1.29 is 9.47 Å². The largest absolute Gasteiger partial charge is 0.486 e. The quantitative estimate of drug-likeness (QED) is 0.433. The van der Waals surface area contributed by atoms with Gasteiger partial charge in [0.05, 0.1) is 18.1 Å². The van der Waals surface area contributed by atoms with Gasteiger partial charge in [0.25, 0.3) is 5.56 Å². The van der Waals surface area contributed by atoms with E-state index in [0.29, 0.717) is 56.0 Å². The average molecular weight is 479 g/mol. The molecule has 1 aromatic carbocycles. The van der Waals surface area contributed by atoms with Gasteiger partial charge in [-0.2, -0.15) is 0 Å². The lowest BCUT2D eigenvalue weighted by molar-refractivity contribution is 0.172. The summed E-state index contributed by atoms with van der Waals surface area (Å²) in [6, 6.07) is 10.3. The van der Waals surface area contributed by atoms with Gasteiger partial charge in [-0.25, -0.2) is 4.68 Å². The van der Waals surface area contributed by atoms with Crippen LogP contribution in [0, 0.1) is 0 Å². The number of hydrogen-bond donors (Lipinski definition) is 1. The van der Waals surface area contributed by atoms with Gasteiger partial charge >= 0.3 is 0 Å². The van der Waals surface area contributed by atoms with Crippen molar-refractivity contribution in [2.24, 2.45) is 0 Å². The lowest BCUT2D eigenvalue weighted by Gasteiger charge is -2.22. The zero-order valence-corrected chi connectivity index (χ0v) is 19.6. The van der Waals surface area contributed by atoms with Crippen molar-refractivity contribution >= 4 is 22.2 Å². The van der Waals surface area contributed by atoms with Gasteiger partial charge in [-0.1, -0.05) is 18.9 Å². The van der Waals surface area contributed by atoms with Crippen LogP contribution in [0.5, 0.6) is 11.5 Å². The van der Waals surface area contributed by atoms with E-state index in [4.69, 9.17) is 9.47 Å². The summed E-state index contributed by atoms with van der Waals surface area (Å²) < 4.78 is 13.4. The molecule has 3 aromatic heterocycles. The SMILES string of the molecule is O=c1[nH]c2cc3c(cc2cc1CN(Cc1cccs1)Cc1nnnn1C1CCCC1)OCCO3. The number of nitrogens with one attached hydrogen (secondary N) is 1. The standard InChI is InChI=1S/C24H26N6O3S/c31-24-17(10-16-11-21-22(12-20(16)25-24)33-8-7-32-21)13-29(14-19-6-3-9-34-19)15-23-26-27-28-30(23)18-4-1-2-5-18/h3,6,9-12,18H,1-2,4-5,7-8,13-15H2,(H,25,31). The molecule has 1 N–H and O–H groups in total. The Morgan fingerprint density at radius 1 is 1.09 bits per heavy atom. The number of rotatable bonds is 7. The van der Waals surface area contributed by atoms with Gasteiger partial charge in [0.1, 0.15) is 13.2 Å². The molecule has 0 spiro atoms. The molecule has 0 unspecified atom stereocenters. The van der Waals surface area contributed by atoms with Crippen molar-refractivity contribution in [3.63, 3.8) is 0 Å². The normalized spacial score (nSPS) is 16.0. The Morgan fingerprint density at radius 3 is 2.71 bits per heavy atom. The van der Waals surface area contributed by atoms with E-state index in [2.05, 4.69) is 42.9 Å². The topological polar surface area (TPSA) is 98.2 Å². The minimum Gasteiger partial charge on any atom is -0.486 e. The summed E-state index contributed by atoms with van der Waals surface area (Å²) >= 11 is 1.71. The van der Waals surface area contributed by atoms with Crippen molar-refractivity contribution in [1.82, 2.24) is 30.1 Å². The fourth-order valence-corrected chi connectivity index (χ4v) is 5.63. The van der Waals surface area contributed by atoms with Crippen molar-refractivity contribution in [1.29, 1.82) is 0 Å². The van der Waals surface area contributed by atoms with Gasteiger partial charge in [0.15, 0.2) is 17.3 Å². The number of pyridine rings is 1. The summed E-state index contributed by atoms with van der Waals surface area (Å²) in [6.45, 7) is 2.81. The Bertz CT molecular complexity index is 1340. The van der Waals surface area contributed by atoms with Crippen LogP contribution in [0.3, 0.4) is 0 Å². The van der Waals surface area contributed by atoms with Crippen LogP contribution in [-0.2, 0) is 19.6 Å². The molecule has 10 heteroatoms. The van der Waals surface area contributed by atoms with Crippen LogP contribution in [0.15, 0.2) is 40.5 Å². The number of hydrogen-bond acceptors (Lipinski definition) is 8. The number of benzene rings is 1. The van der Waals surface area contributed by atoms with Crippen LogP contribution in [0.25, 0.3) is 10.9 Å². The molecule has 4 heterocycles. The van der Waals surface area contributed by atoms with Gasteiger partial charge in [-0.3, -0.25) is 9.69 Å². The van der Waals surface area contributed by atoms with Crippen molar-refractivity contribution in [3.8, 4) is 11.5 Å². The average Bonchev–Trinajstić information content (AvgIpc) is 3.61. The molecule has 0 amide bonds. The third-order valence-corrected chi connectivity index (χ3v) is 7.40. The Kier molecular flexibility index (Phi) is 5.76. The molecule has 0 radical (unpaired) electrons. The molecule has 0 saturated heterocycles. The number of H-pyrrole nitrogens is 1. The number of nitrogens with zero attached hydrogens (tertiary/aromatic N) is 5. The van der Waals surface area contributed by atoms with Crippen molar-refractivity contribution in [3.05, 3.63) is 62.3 Å². The number of aromatic nitrogens is 5. The maximum Gasteiger partial charge on any atom is 0.252 e. The molecule has 1 fully saturated rings. The first kappa shape index (κ1) is 21.3. The van der Waals surface area contributed by atoms with Gasteiger partial charge < -0.3 is 14.5 Å². The third kappa shape index (κ3) is 4.30. The lowest BCUT2D eigenvalue weighted by Crippen LogP contribution is -2.28. The second kappa shape index (κ2) is 9.19. The first-order valence-corrected chi connectivity index (χ1v) is 12.6. The van der Waals surface area contributed by atoms with E-state index >= 15 is 0 Å². The van der Waals surface area contributed by atoms with Gasteiger partial charge in [0.2, 0.25) is 0 Å². The summed E-state index contributed by atoms with van der Waals surface area (Å²) in [5.74, 6) is 2.23. The zero-order chi connectivity index (χ0) is 22.9. The van der Waals surface area contributed by atoms with Crippen LogP contribution >= 0.6 is 11.3 Å². The summed E-state index contributed by atoms with van der Waals surface area (Å²) in [4.78, 5) is 19.5. The van der Waals surface area contributed by atoms with Gasteiger partial charge in [-0.15, -0.1) is 16.4 Å². The molecule has 2 aliphatic rings. The highest BCUT2D eigenvalue weighted by Crippen LogP contribution is 2.34. The van der Waals surface area contributed by atoms with Crippen molar-refractivity contribution in [2.75, 3.05) is 13.2 Å². The Labute approximate surface area is 200 Å². The number of ether oxygens (including phenoxy) is 2. The molecule has 176 valence electrons. The van der Waals surface area contributed by atoms with Crippen molar-refractivity contribution in [2.45, 2.75) is 51.4 Å². The van der Waals surface area contributed by atoms with E-state index in [1.54, 1.807) is 11.3 Å². The second-order valence-corrected chi connectivity index (χ2v) is 9.94. The van der Waals surface area contributed by atoms with Crippen LogP contribution in [0.4, 0.5) is 0 Å². The van der Waals surface area contributed by atoms with E-state index in [-0.39, 0.29) is 5.56 Å². The zero-order valence-electron chi connectivity index (χ0n) is 18.8. The molecule has 1 saturated carbocycles. The van der Waals surface area contributed by atoms with E-state index < -0.39 is 0 Å².